The average Bonchev–Trinajstić information content (AvgIpc) is 3.01. The van der Waals surface area contributed by atoms with Crippen LogP contribution in [0.4, 0.5) is 5.69 Å². The molecule has 2 aromatic carbocycles. The van der Waals surface area contributed by atoms with E-state index in [0.29, 0.717) is 15.7 Å². The first kappa shape index (κ1) is 21.7. The van der Waals surface area contributed by atoms with Gasteiger partial charge in [-0.3, -0.25) is 4.79 Å². The van der Waals surface area contributed by atoms with Crippen molar-refractivity contribution in [2.75, 3.05) is 5.32 Å². The molecule has 1 N–H and O–H groups in total. The summed E-state index contributed by atoms with van der Waals surface area (Å²) in [7, 11) is 0. The number of hydrogen-bond donors (Lipinski definition) is 1. The molecule has 4 nitrogen and oxygen atoms in total. The minimum Gasteiger partial charge on any atom is -0.321 e. The van der Waals surface area contributed by atoms with Crippen molar-refractivity contribution < 1.29 is 4.79 Å². The van der Waals surface area contributed by atoms with Gasteiger partial charge < -0.3 is 9.88 Å². The fraction of sp³-hybridized carbons (Fsp3) is 0.167. The molecule has 0 atom stereocenters. The number of aryl methyl sites for hydroxylation is 2. The lowest BCUT2D eigenvalue weighted by molar-refractivity contribution is -0.112. The lowest BCUT2D eigenvalue weighted by atomic mass is 10.1. The first-order valence-electron chi connectivity index (χ1n) is 9.50. The van der Waals surface area contributed by atoms with Crippen molar-refractivity contribution in [3.8, 4) is 11.8 Å². The third kappa shape index (κ3) is 4.59. The van der Waals surface area contributed by atoms with E-state index in [9.17, 15) is 10.1 Å². The Morgan fingerprint density at radius 1 is 1.10 bits per heavy atom. The number of halogens is 2. The summed E-state index contributed by atoms with van der Waals surface area (Å²) in [5.74, 6) is -0.506. The molecule has 30 heavy (non-hydrogen) atoms. The molecule has 0 fully saturated rings. The number of anilines is 1. The maximum atomic E-state index is 12.6. The SMILES string of the molecule is CCc1ccc(-n2c(C)cc(/C=C(/C#N)C(=O)Nc3ccc(Cl)c(Cl)c3)c2C)cc1. The van der Waals surface area contributed by atoms with Gasteiger partial charge in [-0.2, -0.15) is 5.26 Å². The number of amides is 1. The largest absolute Gasteiger partial charge is 0.321 e. The molecule has 0 saturated heterocycles. The molecule has 0 aliphatic rings. The number of nitrogens with one attached hydrogen (secondary N) is 1. The summed E-state index contributed by atoms with van der Waals surface area (Å²) in [5.41, 5.74) is 5.57. The number of benzene rings is 2. The molecule has 3 aromatic rings. The molecule has 152 valence electrons. The number of carbonyl (C=O) groups excluding carboxylic acids is 1. The molecule has 0 aliphatic heterocycles. The van der Waals surface area contributed by atoms with Gasteiger partial charge in [0.25, 0.3) is 5.91 Å². The Labute approximate surface area is 186 Å². The predicted octanol–water partition coefficient (Wildman–Crippen LogP) is 6.51. The normalized spacial score (nSPS) is 11.3. The summed E-state index contributed by atoms with van der Waals surface area (Å²) >= 11 is 11.9. The summed E-state index contributed by atoms with van der Waals surface area (Å²) in [5, 5.41) is 13.0. The van der Waals surface area contributed by atoms with Crippen molar-refractivity contribution in [1.82, 2.24) is 4.57 Å². The van der Waals surface area contributed by atoms with E-state index in [0.717, 1.165) is 29.1 Å². The Kier molecular flexibility index (Phi) is 6.66. The van der Waals surface area contributed by atoms with Crippen LogP contribution in [0, 0.1) is 25.2 Å². The van der Waals surface area contributed by atoms with E-state index in [1.807, 2.05) is 26.0 Å². The van der Waals surface area contributed by atoms with Crippen LogP contribution in [0.1, 0.15) is 29.4 Å². The summed E-state index contributed by atoms with van der Waals surface area (Å²) in [6.45, 7) is 6.09. The number of nitrogens with zero attached hydrogens (tertiary/aromatic N) is 2. The van der Waals surface area contributed by atoms with Gasteiger partial charge in [0.1, 0.15) is 11.6 Å². The highest BCUT2D eigenvalue weighted by Gasteiger charge is 2.14. The zero-order chi connectivity index (χ0) is 21.8. The second kappa shape index (κ2) is 9.21. The molecule has 0 spiro atoms. The highest BCUT2D eigenvalue weighted by Crippen LogP contribution is 2.26. The summed E-state index contributed by atoms with van der Waals surface area (Å²) in [6.07, 6.45) is 2.59. The molecule has 6 heteroatoms. The minimum absolute atomic E-state index is 0.00246. The fourth-order valence-corrected chi connectivity index (χ4v) is 3.59. The average molecular weight is 438 g/mol. The van der Waals surface area contributed by atoms with Gasteiger partial charge in [-0.1, -0.05) is 42.3 Å². The molecule has 0 bridgehead atoms. The highest BCUT2D eigenvalue weighted by molar-refractivity contribution is 6.42. The van der Waals surface area contributed by atoms with Crippen LogP contribution in [-0.4, -0.2) is 10.5 Å². The van der Waals surface area contributed by atoms with Crippen molar-refractivity contribution in [3.05, 3.63) is 86.7 Å². The number of rotatable bonds is 5. The quantitative estimate of drug-likeness (QED) is 0.365. The lowest BCUT2D eigenvalue weighted by Gasteiger charge is -2.10. The Morgan fingerprint density at radius 2 is 1.80 bits per heavy atom. The topological polar surface area (TPSA) is 57.8 Å². The van der Waals surface area contributed by atoms with Gasteiger partial charge in [0.15, 0.2) is 0 Å². The Bertz CT molecular complexity index is 1170. The first-order chi connectivity index (χ1) is 14.3. The molecule has 0 unspecified atom stereocenters. The van der Waals surface area contributed by atoms with E-state index < -0.39 is 5.91 Å². The third-order valence-electron chi connectivity index (χ3n) is 4.92. The van der Waals surface area contributed by atoms with E-state index in [1.54, 1.807) is 24.3 Å². The molecular weight excluding hydrogens is 417 g/mol. The van der Waals surface area contributed by atoms with Crippen molar-refractivity contribution >= 4 is 40.9 Å². The second-order valence-electron chi connectivity index (χ2n) is 6.93. The molecule has 1 heterocycles. The minimum atomic E-state index is -0.506. The zero-order valence-corrected chi connectivity index (χ0v) is 18.5. The Morgan fingerprint density at radius 3 is 2.40 bits per heavy atom. The van der Waals surface area contributed by atoms with E-state index >= 15 is 0 Å². The highest BCUT2D eigenvalue weighted by atomic mass is 35.5. The summed E-state index contributed by atoms with van der Waals surface area (Å²) in [6, 6.07) is 17.1. The summed E-state index contributed by atoms with van der Waals surface area (Å²) in [4.78, 5) is 12.6. The molecule has 3 rings (SSSR count). The van der Waals surface area contributed by atoms with Crippen LogP contribution in [0.25, 0.3) is 11.8 Å². The van der Waals surface area contributed by atoms with Crippen LogP contribution in [-0.2, 0) is 11.2 Å². The van der Waals surface area contributed by atoms with E-state index in [1.165, 1.54) is 5.56 Å². The van der Waals surface area contributed by atoms with Crippen LogP contribution in [0.2, 0.25) is 10.0 Å². The van der Waals surface area contributed by atoms with Crippen LogP contribution >= 0.6 is 23.2 Å². The summed E-state index contributed by atoms with van der Waals surface area (Å²) < 4.78 is 2.11. The molecule has 0 saturated carbocycles. The number of aromatic nitrogens is 1. The van der Waals surface area contributed by atoms with Crippen molar-refractivity contribution in [3.63, 3.8) is 0 Å². The van der Waals surface area contributed by atoms with Gasteiger partial charge in [0.2, 0.25) is 0 Å². The van der Waals surface area contributed by atoms with Crippen molar-refractivity contribution in [2.45, 2.75) is 27.2 Å². The van der Waals surface area contributed by atoms with Crippen LogP contribution < -0.4 is 5.32 Å². The van der Waals surface area contributed by atoms with Gasteiger partial charge in [-0.15, -0.1) is 0 Å². The van der Waals surface area contributed by atoms with E-state index in [2.05, 4.69) is 41.1 Å². The van der Waals surface area contributed by atoms with E-state index in [4.69, 9.17) is 23.2 Å². The fourth-order valence-electron chi connectivity index (χ4n) is 3.29. The number of carbonyl (C=O) groups is 1. The second-order valence-corrected chi connectivity index (χ2v) is 7.75. The smallest absolute Gasteiger partial charge is 0.266 e. The maximum Gasteiger partial charge on any atom is 0.266 e. The Hall–Kier alpha value is -3.00. The Balaban J connectivity index is 1.91. The third-order valence-corrected chi connectivity index (χ3v) is 5.65. The van der Waals surface area contributed by atoms with Crippen molar-refractivity contribution in [2.24, 2.45) is 0 Å². The van der Waals surface area contributed by atoms with Crippen molar-refractivity contribution in [1.29, 1.82) is 5.26 Å². The van der Waals surface area contributed by atoms with Crippen LogP contribution in [0.3, 0.4) is 0 Å². The van der Waals surface area contributed by atoms with Crippen LogP contribution in [0.5, 0.6) is 0 Å². The van der Waals surface area contributed by atoms with Gasteiger partial charge in [-0.25, -0.2) is 0 Å². The number of hydrogen-bond acceptors (Lipinski definition) is 2. The monoisotopic (exact) mass is 437 g/mol. The maximum absolute atomic E-state index is 12.6. The molecule has 1 aromatic heterocycles. The number of nitriles is 1. The zero-order valence-electron chi connectivity index (χ0n) is 17.0. The van der Waals surface area contributed by atoms with Gasteiger partial charge >= 0.3 is 0 Å². The van der Waals surface area contributed by atoms with Crippen LogP contribution in [0.15, 0.2) is 54.1 Å². The molecule has 0 aliphatic carbocycles. The standard InChI is InChI=1S/C24H21Cl2N3O/c1-4-17-5-8-21(9-6-17)29-15(2)11-18(16(29)3)12-19(14-27)24(30)28-20-7-10-22(25)23(26)13-20/h5-13H,4H2,1-3H3,(H,28,30)/b19-12-. The van der Waals surface area contributed by atoms with Gasteiger partial charge in [0, 0.05) is 22.8 Å². The van der Waals surface area contributed by atoms with Gasteiger partial charge in [0.05, 0.1) is 10.0 Å². The molecular formula is C24H21Cl2N3O. The molecule has 0 radical (unpaired) electrons. The molecule has 1 amide bonds. The predicted molar refractivity (Wildman–Crippen MR) is 123 cm³/mol. The van der Waals surface area contributed by atoms with E-state index in [-0.39, 0.29) is 5.57 Å². The lowest BCUT2D eigenvalue weighted by Crippen LogP contribution is -2.13. The van der Waals surface area contributed by atoms with Gasteiger partial charge in [-0.05, 0) is 73.9 Å². The first-order valence-corrected chi connectivity index (χ1v) is 10.3.